The highest BCUT2D eigenvalue weighted by Gasteiger charge is 2.08. The van der Waals surface area contributed by atoms with Crippen molar-refractivity contribution >= 4 is 17.4 Å². The van der Waals surface area contributed by atoms with Crippen molar-refractivity contribution in [1.29, 1.82) is 5.26 Å². The van der Waals surface area contributed by atoms with Crippen molar-refractivity contribution in [2.45, 2.75) is 6.42 Å². The van der Waals surface area contributed by atoms with E-state index < -0.39 is 18.1 Å². The summed E-state index contributed by atoms with van der Waals surface area (Å²) in [6.45, 7) is 0. The molecular weight excluding hydrogens is 208 g/mol. The lowest BCUT2D eigenvalue weighted by molar-refractivity contribution is -0.122. The van der Waals surface area contributed by atoms with E-state index in [2.05, 4.69) is 5.32 Å². The molecule has 0 atom stereocenters. The molecule has 1 amide bonds. The zero-order chi connectivity index (χ0) is 12.0. The first kappa shape index (κ1) is 11.7. The molecule has 0 aliphatic rings. The van der Waals surface area contributed by atoms with Gasteiger partial charge < -0.3 is 10.1 Å². The van der Waals surface area contributed by atoms with Crippen LogP contribution in [0.1, 0.15) is 6.42 Å². The summed E-state index contributed by atoms with van der Waals surface area (Å²) in [6.07, 6.45) is -0.437. The molecule has 5 heteroatoms. The molecule has 0 saturated carbocycles. The summed E-state index contributed by atoms with van der Waals surface area (Å²) < 4.78 is 4.97. The molecule has 0 bridgehead atoms. The van der Waals surface area contributed by atoms with Gasteiger partial charge in [0.2, 0.25) is 11.7 Å². The van der Waals surface area contributed by atoms with E-state index in [4.69, 9.17) is 10.00 Å². The summed E-state index contributed by atoms with van der Waals surface area (Å²) in [5.74, 6) is -0.676. The summed E-state index contributed by atoms with van der Waals surface area (Å²) in [4.78, 5) is 21.9. The van der Waals surface area contributed by atoms with Gasteiger partial charge in [-0.1, -0.05) is 6.07 Å². The van der Waals surface area contributed by atoms with Gasteiger partial charge >= 0.3 is 0 Å². The van der Waals surface area contributed by atoms with E-state index in [1.54, 1.807) is 24.3 Å². The van der Waals surface area contributed by atoms with Crippen molar-refractivity contribution in [2.75, 3.05) is 12.4 Å². The van der Waals surface area contributed by atoms with Gasteiger partial charge in [0.15, 0.2) is 0 Å². The van der Waals surface area contributed by atoms with Gasteiger partial charge in [0.25, 0.3) is 0 Å². The van der Waals surface area contributed by atoms with E-state index in [1.165, 1.54) is 13.2 Å². The molecule has 0 fully saturated rings. The number of nitriles is 1. The van der Waals surface area contributed by atoms with Crippen molar-refractivity contribution in [3.05, 3.63) is 24.3 Å². The Morgan fingerprint density at radius 1 is 1.50 bits per heavy atom. The molecule has 1 aromatic rings. The van der Waals surface area contributed by atoms with Crippen LogP contribution < -0.4 is 10.1 Å². The predicted molar refractivity (Wildman–Crippen MR) is 56.9 cm³/mol. The van der Waals surface area contributed by atoms with Crippen molar-refractivity contribution in [3.63, 3.8) is 0 Å². The Hall–Kier alpha value is -2.35. The van der Waals surface area contributed by atoms with Gasteiger partial charge in [-0.15, -0.1) is 0 Å². The summed E-state index contributed by atoms with van der Waals surface area (Å²) in [6, 6.07) is 8.10. The number of ketones is 1. The third-order valence-corrected chi connectivity index (χ3v) is 1.80. The number of ether oxygens (including phenoxy) is 1. The molecule has 16 heavy (non-hydrogen) atoms. The first-order valence-electron chi connectivity index (χ1n) is 4.52. The molecule has 1 rings (SSSR count). The van der Waals surface area contributed by atoms with Crippen LogP contribution in [0, 0.1) is 11.3 Å². The highest BCUT2D eigenvalue weighted by atomic mass is 16.5. The summed E-state index contributed by atoms with van der Waals surface area (Å²) >= 11 is 0. The molecule has 1 aromatic carbocycles. The largest absolute Gasteiger partial charge is 0.497 e. The summed E-state index contributed by atoms with van der Waals surface area (Å²) in [5, 5.41) is 10.7. The van der Waals surface area contributed by atoms with Crippen LogP contribution in [0.15, 0.2) is 24.3 Å². The summed E-state index contributed by atoms with van der Waals surface area (Å²) in [7, 11) is 1.51. The average molecular weight is 218 g/mol. The number of benzene rings is 1. The van der Waals surface area contributed by atoms with E-state index in [9.17, 15) is 9.59 Å². The second-order valence-corrected chi connectivity index (χ2v) is 2.99. The maximum absolute atomic E-state index is 11.3. The minimum atomic E-state index is -0.764. The number of carbonyl (C=O) groups excluding carboxylic acids is 2. The van der Waals surface area contributed by atoms with Crippen LogP contribution in [0.25, 0.3) is 0 Å². The van der Waals surface area contributed by atoms with Gasteiger partial charge in [0.05, 0.1) is 7.11 Å². The maximum atomic E-state index is 11.3. The molecule has 1 N–H and O–H groups in total. The van der Waals surface area contributed by atoms with Crippen molar-refractivity contribution in [1.82, 2.24) is 0 Å². The average Bonchev–Trinajstić information content (AvgIpc) is 2.28. The van der Waals surface area contributed by atoms with Crippen molar-refractivity contribution in [3.8, 4) is 11.8 Å². The van der Waals surface area contributed by atoms with Gasteiger partial charge in [-0.25, -0.2) is 0 Å². The molecule has 0 aromatic heterocycles. The van der Waals surface area contributed by atoms with Crippen LogP contribution >= 0.6 is 0 Å². The van der Waals surface area contributed by atoms with E-state index in [0.29, 0.717) is 11.4 Å². The van der Waals surface area contributed by atoms with Gasteiger partial charge in [-0.3, -0.25) is 9.59 Å². The van der Waals surface area contributed by atoms with Crippen LogP contribution in [0.5, 0.6) is 5.75 Å². The Bertz CT molecular complexity index is 449. The number of rotatable bonds is 4. The standard InChI is InChI=1S/C11H10N2O3/c1-16-10-4-2-3-8(5-10)13-11(15)6-9(14)7-12/h2-5H,6H2,1H3,(H,13,15). The number of methoxy groups -OCH3 is 1. The molecule has 0 radical (unpaired) electrons. The quantitative estimate of drug-likeness (QED) is 0.606. The number of amides is 1. The van der Waals surface area contributed by atoms with Gasteiger partial charge in [0.1, 0.15) is 18.2 Å². The number of Topliss-reactive ketones (excluding diaryl/α,β-unsaturated/α-hetero) is 1. The molecule has 0 heterocycles. The number of hydrogen-bond donors (Lipinski definition) is 1. The molecule has 82 valence electrons. The fourth-order valence-electron chi connectivity index (χ4n) is 1.09. The third kappa shape index (κ3) is 3.42. The second kappa shape index (κ2) is 5.51. The van der Waals surface area contributed by atoms with E-state index >= 15 is 0 Å². The van der Waals surface area contributed by atoms with Gasteiger partial charge in [-0.2, -0.15) is 5.26 Å². The number of anilines is 1. The number of nitrogens with zero attached hydrogens (tertiary/aromatic N) is 1. The Morgan fingerprint density at radius 3 is 2.88 bits per heavy atom. The van der Waals surface area contributed by atoms with Gasteiger partial charge in [0, 0.05) is 11.8 Å². The topological polar surface area (TPSA) is 79.2 Å². The lowest BCUT2D eigenvalue weighted by Crippen LogP contribution is -2.15. The maximum Gasteiger partial charge on any atom is 0.241 e. The molecule has 0 spiro atoms. The van der Waals surface area contributed by atoms with E-state index in [-0.39, 0.29) is 0 Å². The number of carbonyl (C=O) groups is 2. The number of nitrogens with one attached hydrogen (secondary N) is 1. The minimum Gasteiger partial charge on any atom is -0.497 e. The van der Waals surface area contributed by atoms with Crippen LogP contribution in [-0.2, 0) is 9.59 Å². The predicted octanol–water partition coefficient (Wildman–Crippen LogP) is 1.12. The first-order valence-corrected chi connectivity index (χ1v) is 4.52. The molecule has 0 aliphatic heterocycles. The Balaban J connectivity index is 2.63. The minimum absolute atomic E-state index is 0.437. The molecule has 0 saturated heterocycles. The van der Waals surface area contributed by atoms with E-state index in [0.717, 1.165) is 0 Å². The van der Waals surface area contributed by atoms with Crippen LogP contribution in [0.3, 0.4) is 0 Å². The van der Waals surface area contributed by atoms with E-state index in [1.807, 2.05) is 0 Å². The fraction of sp³-hybridized carbons (Fsp3) is 0.182. The molecule has 5 nitrogen and oxygen atoms in total. The molecule has 0 aliphatic carbocycles. The second-order valence-electron chi connectivity index (χ2n) is 2.99. The Labute approximate surface area is 92.6 Å². The van der Waals surface area contributed by atoms with Crippen LogP contribution in [0.2, 0.25) is 0 Å². The lowest BCUT2D eigenvalue weighted by atomic mass is 10.2. The zero-order valence-electron chi connectivity index (χ0n) is 8.69. The normalized spacial score (nSPS) is 9.00. The first-order chi connectivity index (χ1) is 7.65. The number of hydrogen-bond acceptors (Lipinski definition) is 4. The highest BCUT2D eigenvalue weighted by molar-refractivity contribution is 6.09. The molecular formula is C11H10N2O3. The molecule has 0 unspecified atom stereocenters. The lowest BCUT2D eigenvalue weighted by Gasteiger charge is -2.05. The van der Waals surface area contributed by atoms with Gasteiger partial charge in [-0.05, 0) is 12.1 Å². The monoisotopic (exact) mass is 218 g/mol. The SMILES string of the molecule is COc1cccc(NC(=O)CC(=O)C#N)c1. The highest BCUT2D eigenvalue weighted by Crippen LogP contribution is 2.16. The third-order valence-electron chi connectivity index (χ3n) is 1.80. The van der Waals surface area contributed by atoms with Crippen molar-refractivity contribution < 1.29 is 14.3 Å². The zero-order valence-corrected chi connectivity index (χ0v) is 8.69. The smallest absolute Gasteiger partial charge is 0.241 e. The fourth-order valence-corrected chi connectivity index (χ4v) is 1.09. The van der Waals surface area contributed by atoms with Crippen molar-refractivity contribution in [2.24, 2.45) is 0 Å². The Morgan fingerprint density at radius 2 is 2.25 bits per heavy atom. The Kier molecular flexibility index (Phi) is 4.04. The van der Waals surface area contributed by atoms with Crippen LogP contribution in [0.4, 0.5) is 5.69 Å². The summed E-state index contributed by atoms with van der Waals surface area (Å²) in [5.41, 5.74) is 0.523. The van der Waals surface area contributed by atoms with Crippen LogP contribution in [-0.4, -0.2) is 18.8 Å².